The van der Waals surface area contributed by atoms with Crippen molar-refractivity contribution in [2.45, 2.75) is 6.92 Å². The van der Waals surface area contributed by atoms with Crippen molar-refractivity contribution in [3.05, 3.63) is 40.3 Å². The first-order valence-corrected chi connectivity index (χ1v) is 5.28. The molecule has 0 amide bonds. The van der Waals surface area contributed by atoms with Crippen LogP contribution in [0.15, 0.2) is 29.1 Å². The Morgan fingerprint density at radius 1 is 1.35 bits per heavy atom. The standard InChI is InChI=1S/C12H12N2O3/c1-3-17-12(16)10-8-6-4-5-7-9(8)11(15)14(2)13-10/h4-7H,3H2,1-2H3. The van der Waals surface area contributed by atoms with Crippen molar-refractivity contribution < 1.29 is 9.53 Å². The maximum Gasteiger partial charge on any atom is 0.359 e. The van der Waals surface area contributed by atoms with E-state index < -0.39 is 5.97 Å². The van der Waals surface area contributed by atoms with Gasteiger partial charge in [-0.1, -0.05) is 18.2 Å². The van der Waals surface area contributed by atoms with Gasteiger partial charge in [0.25, 0.3) is 5.56 Å². The maximum absolute atomic E-state index is 11.8. The Bertz CT molecular complexity index is 631. The van der Waals surface area contributed by atoms with Gasteiger partial charge in [0.2, 0.25) is 0 Å². The molecule has 2 aromatic rings. The van der Waals surface area contributed by atoms with Gasteiger partial charge < -0.3 is 4.74 Å². The highest BCUT2D eigenvalue weighted by molar-refractivity contribution is 6.02. The Morgan fingerprint density at radius 3 is 2.65 bits per heavy atom. The Labute approximate surface area is 97.6 Å². The van der Waals surface area contributed by atoms with Gasteiger partial charge in [-0.25, -0.2) is 9.48 Å². The molecule has 1 aromatic carbocycles. The number of aryl methyl sites for hydroxylation is 1. The van der Waals surface area contributed by atoms with Crippen LogP contribution >= 0.6 is 0 Å². The van der Waals surface area contributed by atoms with Gasteiger partial charge in [0, 0.05) is 12.4 Å². The summed E-state index contributed by atoms with van der Waals surface area (Å²) in [5.74, 6) is -0.515. The number of rotatable bonds is 2. The van der Waals surface area contributed by atoms with Gasteiger partial charge in [-0.05, 0) is 13.0 Å². The highest BCUT2D eigenvalue weighted by atomic mass is 16.5. The van der Waals surface area contributed by atoms with E-state index in [0.29, 0.717) is 10.8 Å². The first-order valence-electron chi connectivity index (χ1n) is 5.28. The van der Waals surface area contributed by atoms with Crippen LogP contribution in [-0.2, 0) is 11.8 Å². The molecule has 0 saturated carbocycles. The molecule has 0 aliphatic rings. The number of carbonyl (C=O) groups excluding carboxylic acids is 1. The molecule has 0 N–H and O–H groups in total. The minimum atomic E-state index is -0.515. The number of nitrogens with zero attached hydrogens (tertiary/aromatic N) is 2. The molecule has 0 aliphatic heterocycles. The van der Waals surface area contributed by atoms with Gasteiger partial charge in [0.1, 0.15) is 0 Å². The van der Waals surface area contributed by atoms with Crippen molar-refractivity contribution in [2.75, 3.05) is 6.61 Å². The zero-order valence-electron chi connectivity index (χ0n) is 9.64. The monoisotopic (exact) mass is 232 g/mol. The predicted molar refractivity (Wildman–Crippen MR) is 62.9 cm³/mol. The lowest BCUT2D eigenvalue weighted by Gasteiger charge is -2.06. The molecule has 0 aliphatic carbocycles. The summed E-state index contributed by atoms with van der Waals surface area (Å²) < 4.78 is 6.06. The van der Waals surface area contributed by atoms with Crippen molar-refractivity contribution in [1.82, 2.24) is 9.78 Å². The molecule has 2 rings (SSSR count). The topological polar surface area (TPSA) is 61.2 Å². The van der Waals surface area contributed by atoms with E-state index in [0.717, 1.165) is 4.68 Å². The Balaban J connectivity index is 2.76. The SMILES string of the molecule is CCOC(=O)c1nn(C)c(=O)c2ccccc12. The zero-order chi connectivity index (χ0) is 12.4. The van der Waals surface area contributed by atoms with Crippen molar-refractivity contribution in [3.8, 4) is 0 Å². The Hall–Kier alpha value is -2.17. The maximum atomic E-state index is 11.8. The molecule has 1 aromatic heterocycles. The second kappa shape index (κ2) is 4.37. The number of esters is 1. The van der Waals surface area contributed by atoms with Crippen LogP contribution in [0.3, 0.4) is 0 Å². The molecule has 5 nitrogen and oxygen atoms in total. The third-order valence-electron chi connectivity index (χ3n) is 2.43. The molecule has 0 radical (unpaired) electrons. The smallest absolute Gasteiger partial charge is 0.359 e. The zero-order valence-corrected chi connectivity index (χ0v) is 9.64. The minimum absolute atomic E-state index is 0.171. The van der Waals surface area contributed by atoms with E-state index in [4.69, 9.17) is 4.74 Å². The summed E-state index contributed by atoms with van der Waals surface area (Å²) in [6.45, 7) is 2.00. The molecule has 5 heteroatoms. The van der Waals surface area contributed by atoms with Gasteiger partial charge >= 0.3 is 5.97 Å². The molecule has 0 spiro atoms. The van der Waals surface area contributed by atoms with Gasteiger partial charge in [-0.3, -0.25) is 4.79 Å². The highest BCUT2D eigenvalue weighted by Gasteiger charge is 2.15. The largest absolute Gasteiger partial charge is 0.461 e. The van der Waals surface area contributed by atoms with Crippen molar-refractivity contribution in [2.24, 2.45) is 7.05 Å². The third-order valence-corrected chi connectivity index (χ3v) is 2.43. The number of hydrogen-bond donors (Lipinski definition) is 0. The molecular weight excluding hydrogens is 220 g/mol. The first kappa shape index (κ1) is 11.3. The van der Waals surface area contributed by atoms with Crippen LogP contribution in [0, 0.1) is 0 Å². The van der Waals surface area contributed by atoms with Crippen LogP contribution in [0.5, 0.6) is 0 Å². The van der Waals surface area contributed by atoms with Gasteiger partial charge in [-0.15, -0.1) is 0 Å². The highest BCUT2D eigenvalue weighted by Crippen LogP contribution is 2.13. The van der Waals surface area contributed by atoms with Gasteiger partial charge in [-0.2, -0.15) is 5.10 Å². The number of benzene rings is 1. The fraction of sp³-hybridized carbons (Fsp3) is 0.250. The number of hydrogen-bond acceptors (Lipinski definition) is 4. The van der Waals surface area contributed by atoms with Crippen molar-refractivity contribution >= 4 is 16.7 Å². The number of aromatic nitrogens is 2. The lowest BCUT2D eigenvalue weighted by Crippen LogP contribution is -2.23. The number of fused-ring (bicyclic) bond motifs is 1. The minimum Gasteiger partial charge on any atom is -0.461 e. The van der Waals surface area contributed by atoms with E-state index >= 15 is 0 Å². The second-order valence-corrected chi connectivity index (χ2v) is 3.54. The summed E-state index contributed by atoms with van der Waals surface area (Å²) in [6, 6.07) is 6.86. The molecule has 0 fully saturated rings. The normalized spacial score (nSPS) is 10.5. The summed E-state index contributed by atoms with van der Waals surface area (Å²) in [6.07, 6.45) is 0. The molecule has 88 valence electrons. The molecule has 17 heavy (non-hydrogen) atoms. The van der Waals surface area contributed by atoms with Crippen molar-refractivity contribution in [1.29, 1.82) is 0 Å². The first-order chi connectivity index (χ1) is 8.15. The summed E-state index contributed by atoms with van der Waals surface area (Å²) in [5.41, 5.74) is -0.0572. The fourth-order valence-electron chi connectivity index (χ4n) is 1.65. The molecular formula is C12H12N2O3. The van der Waals surface area contributed by atoms with Crippen LogP contribution in [0.2, 0.25) is 0 Å². The molecule has 0 unspecified atom stereocenters. The van der Waals surface area contributed by atoms with E-state index in [1.165, 1.54) is 7.05 Å². The summed E-state index contributed by atoms with van der Waals surface area (Å²) >= 11 is 0. The quantitative estimate of drug-likeness (QED) is 0.728. The van der Waals surface area contributed by atoms with Gasteiger partial charge in [0.15, 0.2) is 5.69 Å². The lowest BCUT2D eigenvalue weighted by atomic mass is 10.1. The third kappa shape index (κ3) is 1.91. The van der Waals surface area contributed by atoms with Crippen molar-refractivity contribution in [3.63, 3.8) is 0 Å². The molecule has 0 saturated heterocycles. The number of carbonyl (C=O) groups is 1. The van der Waals surface area contributed by atoms with E-state index in [1.54, 1.807) is 31.2 Å². The van der Waals surface area contributed by atoms with E-state index in [-0.39, 0.29) is 17.9 Å². The fourth-order valence-corrected chi connectivity index (χ4v) is 1.65. The van der Waals surface area contributed by atoms with Crippen LogP contribution in [0.25, 0.3) is 10.8 Å². The predicted octanol–water partition coefficient (Wildman–Crippen LogP) is 1.11. The van der Waals surface area contributed by atoms with Crippen LogP contribution < -0.4 is 5.56 Å². The average Bonchev–Trinajstić information content (AvgIpc) is 2.34. The average molecular weight is 232 g/mol. The van der Waals surface area contributed by atoms with Crippen LogP contribution in [-0.4, -0.2) is 22.4 Å². The second-order valence-electron chi connectivity index (χ2n) is 3.54. The van der Waals surface area contributed by atoms with Gasteiger partial charge in [0.05, 0.1) is 12.0 Å². The summed E-state index contributed by atoms with van der Waals surface area (Å²) in [4.78, 5) is 23.5. The van der Waals surface area contributed by atoms with Crippen LogP contribution in [0.4, 0.5) is 0 Å². The Morgan fingerprint density at radius 2 is 2.00 bits per heavy atom. The number of ether oxygens (including phenoxy) is 1. The molecule has 0 bridgehead atoms. The summed E-state index contributed by atoms with van der Waals surface area (Å²) in [7, 11) is 1.51. The summed E-state index contributed by atoms with van der Waals surface area (Å²) in [5, 5.41) is 4.94. The Kier molecular flexibility index (Phi) is 2.91. The van der Waals surface area contributed by atoms with Crippen LogP contribution in [0.1, 0.15) is 17.4 Å². The van der Waals surface area contributed by atoms with E-state index in [1.807, 2.05) is 0 Å². The molecule has 1 heterocycles. The lowest BCUT2D eigenvalue weighted by molar-refractivity contribution is 0.0519. The van der Waals surface area contributed by atoms with E-state index in [9.17, 15) is 9.59 Å². The van der Waals surface area contributed by atoms with E-state index in [2.05, 4.69) is 5.10 Å². The molecule has 0 atom stereocenters.